The lowest BCUT2D eigenvalue weighted by Crippen LogP contribution is -2.61. The summed E-state index contributed by atoms with van der Waals surface area (Å²) in [6, 6.07) is 0. The van der Waals surface area contributed by atoms with Crippen LogP contribution < -0.4 is 0 Å². The second kappa shape index (κ2) is 7.29. The number of esters is 3. The second-order valence-electron chi connectivity index (χ2n) is 3.13. The molecule has 19 heavy (non-hydrogen) atoms. The van der Waals surface area contributed by atoms with Gasteiger partial charge in [0.1, 0.15) is 0 Å². The highest BCUT2D eigenvalue weighted by Gasteiger charge is 2.70. The number of hydrogen-bond donors (Lipinski definition) is 0. The molecule has 0 aliphatic carbocycles. The van der Waals surface area contributed by atoms with Crippen molar-refractivity contribution < 1.29 is 33.5 Å². The summed E-state index contributed by atoms with van der Waals surface area (Å²) in [6.07, 6.45) is 0. The van der Waals surface area contributed by atoms with Gasteiger partial charge in [0.15, 0.2) is 0 Å². The maximum Gasteiger partial charge on any atom is 0.503 e. The Morgan fingerprint density at radius 1 is 0.895 bits per heavy atom. The zero-order valence-electron chi connectivity index (χ0n) is 10.8. The molecule has 0 fully saturated rings. The van der Waals surface area contributed by atoms with Crippen molar-refractivity contribution in [1.82, 2.24) is 0 Å². The van der Waals surface area contributed by atoms with Crippen molar-refractivity contribution in [2.24, 2.45) is 0 Å². The van der Waals surface area contributed by atoms with Crippen molar-refractivity contribution in [3.8, 4) is 0 Å². The van der Waals surface area contributed by atoms with Crippen LogP contribution in [0.4, 0.5) is 0 Å². The fraction of sp³-hybridized carbons (Fsp3) is 0.700. The van der Waals surface area contributed by atoms with Gasteiger partial charge in [-0.3, -0.25) is 10.1 Å². The smallest absolute Gasteiger partial charge is 0.460 e. The zero-order chi connectivity index (χ0) is 15.1. The summed E-state index contributed by atoms with van der Waals surface area (Å²) in [5.41, 5.74) is -3.33. The number of rotatable bonds is 7. The van der Waals surface area contributed by atoms with E-state index in [9.17, 15) is 24.5 Å². The van der Waals surface area contributed by atoms with Gasteiger partial charge in [-0.05, 0) is 20.8 Å². The number of carbonyl (C=O) groups is 3. The Hall–Kier alpha value is -2.19. The van der Waals surface area contributed by atoms with E-state index in [0.717, 1.165) is 0 Å². The van der Waals surface area contributed by atoms with Gasteiger partial charge in [-0.1, -0.05) is 0 Å². The van der Waals surface area contributed by atoms with Crippen LogP contribution in [0.25, 0.3) is 0 Å². The first-order valence-electron chi connectivity index (χ1n) is 5.55. The van der Waals surface area contributed by atoms with Crippen LogP contribution in [-0.2, 0) is 28.6 Å². The first-order chi connectivity index (χ1) is 8.89. The van der Waals surface area contributed by atoms with Gasteiger partial charge in [0.05, 0.1) is 24.7 Å². The maximum absolute atomic E-state index is 11.7. The standard InChI is InChI=1S/C10H15NO8/c1-4-17-7(12)10(11(15)16,8(13)18-5-2)9(14)19-6-3/h4-6H2,1-3H3. The van der Waals surface area contributed by atoms with Crippen LogP contribution in [0.5, 0.6) is 0 Å². The van der Waals surface area contributed by atoms with E-state index in [1.807, 2.05) is 0 Å². The molecule has 0 aromatic carbocycles. The van der Waals surface area contributed by atoms with E-state index >= 15 is 0 Å². The Bertz CT molecular complexity index is 332. The van der Waals surface area contributed by atoms with Crippen LogP contribution >= 0.6 is 0 Å². The molecular formula is C10H15NO8. The fourth-order valence-electron chi connectivity index (χ4n) is 1.18. The summed E-state index contributed by atoms with van der Waals surface area (Å²) in [5, 5.41) is 11.1. The van der Waals surface area contributed by atoms with Crippen LogP contribution in [0, 0.1) is 10.1 Å². The summed E-state index contributed by atoms with van der Waals surface area (Å²) < 4.78 is 13.3. The summed E-state index contributed by atoms with van der Waals surface area (Å²) in [5.74, 6) is -4.88. The molecule has 0 N–H and O–H groups in total. The molecule has 9 nitrogen and oxygen atoms in total. The molecule has 0 heterocycles. The van der Waals surface area contributed by atoms with Crippen molar-refractivity contribution >= 4 is 17.9 Å². The number of carbonyl (C=O) groups excluding carboxylic acids is 3. The average Bonchev–Trinajstić information content (AvgIpc) is 2.30. The van der Waals surface area contributed by atoms with E-state index in [1.165, 1.54) is 20.8 Å². The van der Waals surface area contributed by atoms with Gasteiger partial charge in [-0.25, -0.2) is 14.4 Å². The van der Waals surface area contributed by atoms with Crippen LogP contribution in [0.1, 0.15) is 20.8 Å². The fourth-order valence-corrected chi connectivity index (χ4v) is 1.18. The van der Waals surface area contributed by atoms with Gasteiger partial charge in [-0.15, -0.1) is 0 Å². The molecule has 108 valence electrons. The van der Waals surface area contributed by atoms with E-state index < -0.39 is 28.4 Å². The molecule has 0 aromatic heterocycles. The molecule has 0 aromatic rings. The normalized spacial score (nSPS) is 10.5. The minimum atomic E-state index is -3.33. The predicted molar refractivity (Wildman–Crippen MR) is 59.6 cm³/mol. The number of ether oxygens (including phenoxy) is 3. The molecule has 0 atom stereocenters. The molecular weight excluding hydrogens is 262 g/mol. The quantitative estimate of drug-likeness (QED) is 0.204. The molecule has 0 spiro atoms. The van der Waals surface area contributed by atoms with Gasteiger partial charge in [0.25, 0.3) is 0 Å². The molecule has 0 aliphatic heterocycles. The van der Waals surface area contributed by atoms with Crippen LogP contribution in [0.15, 0.2) is 0 Å². The van der Waals surface area contributed by atoms with Crippen molar-refractivity contribution in [3.05, 3.63) is 10.1 Å². The first-order valence-corrected chi connectivity index (χ1v) is 5.55. The molecule has 0 saturated carbocycles. The van der Waals surface area contributed by atoms with Gasteiger partial charge < -0.3 is 14.2 Å². The largest absolute Gasteiger partial charge is 0.503 e. The van der Waals surface area contributed by atoms with Crippen molar-refractivity contribution in [2.75, 3.05) is 19.8 Å². The molecule has 0 saturated heterocycles. The van der Waals surface area contributed by atoms with E-state index in [-0.39, 0.29) is 19.8 Å². The lowest BCUT2D eigenvalue weighted by molar-refractivity contribution is -0.529. The van der Waals surface area contributed by atoms with Crippen LogP contribution in [0.2, 0.25) is 0 Å². The average molecular weight is 277 g/mol. The molecule has 0 unspecified atom stereocenters. The molecule has 0 aliphatic rings. The highest BCUT2D eigenvalue weighted by Crippen LogP contribution is 2.18. The highest BCUT2D eigenvalue weighted by atomic mass is 16.7. The number of hydrogen-bond acceptors (Lipinski definition) is 8. The first kappa shape index (κ1) is 16.8. The summed E-state index contributed by atoms with van der Waals surface area (Å²) >= 11 is 0. The minimum Gasteiger partial charge on any atom is -0.460 e. The molecule has 0 rings (SSSR count). The van der Waals surface area contributed by atoms with Crippen LogP contribution in [-0.4, -0.2) is 48.2 Å². The number of nitro groups is 1. The van der Waals surface area contributed by atoms with Gasteiger partial charge in [-0.2, -0.15) is 0 Å². The highest BCUT2D eigenvalue weighted by molar-refractivity contribution is 6.21. The molecule has 0 bridgehead atoms. The number of nitrogens with zero attached hydrogens (tertiary/aromatic N) is 1. The Morgan fingerprint density at radius 3 is 1.32 bits per heavy atom. The maximum atomic E-state index is 11.7. The van der Waals surface area contributed by atoms with Gasteiger partial charge >= 0.3 is 23.4 Å². The van der Waals surface area contributed by atoms with Crippen LogP contribution in [0.3, 0.4) is 0 Å². The SMILES string of the molecule is CCOC(=O)C(C(=O)OCC)(C(=O)OCC)[N+](=O)[O-]. The summed E-state index contributed by atoms with van der Waals surface area (Å²) in [7, 11) is 0. The zero-order valence-corrected chi connectivity index (χ0v) is 10.8. The topological polar surface area (TPSA) is 122 Å². The van der Waals surface area contributed by atoms with Gasteiger partial charge in [0.2, 0.25) is 0 Å². The van der Waals surface area contributed by atoms with E-state index in [0.29, 0.717) is 0 Å². The third-order valence-corrected chi connectivity index (χ3v) is 1.99. The van der Waals surface area contributed by atoms with Gasteiger partial charge in [0, 0.05) is 0 Å². The summed E-state index contributed by atoms with van der Waals surface area (Å²) in [4.78, 5) is 44.7. The molecule has 9 heteroatoms. The third-order valence-electron chi connectivity index (χ3n) is 1.99. The molecule has 0 amide bonds. The third kappa shape index (κ3) is 3.18. The minimum absolute atomic E-state index is 0.243. The predicted octanol–water partition coefficient (Wildman–Crippen LogP) is -0.309. The van der Waals surface area contributed by atoms with Crippen molar-refractivity contribution in [3.63, 3.8) is 0 Å². The summed E-state index contributed by atoms with van der Waals surface area (Å²) in [6.45, 7) is 3.39. The van der Waals surface area contributed by atoms with E-state index in [2.05, 4.69) is 14.2 Å². The van der Waals surface area contributed by atoms with Crippen molar-refractivity contribution in [1.29, 1.82) is 0 Å². The second-order valence-corrected chi connectivity index (χ2v) is 3.13. The Labute approximate surface area is 109 Å². The lowest BCUT2D eigenvalue weighted by atomic mass is 10.0. The van der Waals surface area contributed by atoms with E-state index in [4.69, 9.17) is 0 Å². The Balaban J connectivity index is 5.74. The lowest BCUT2D eigenvalue weighted by Gasteiger charge is -2.19. The van der Waals surface area contributed by atoms with Crippen molar-refractivity contribution in [2.45, 2.75) is 26.3 Å². The van der Waals surface area contributed by atoms with E-state index in [1.54, 1.807) is 0 Å². The monoisotopic (exact) mass is 277 g/mol. The molecule has 0 radical (unpaired) electrons. The Kier molecular flexibility index (Phi) is 6.45. The Morgan fingerprint density at radius 2 is 1.16 bits per heavy atom.